The van der Waals surface area contributed by atoms with Crippen LogP contribution in [0.3, 0.4) is 0 Å². The standard InChI is InChI=1S/C35H36N4O12/c1-16-22-24-18(25-23(16)29(43)38(30(25)44)15-21(41)50-4)12-19-26(31(45)37(28(19)42)14-20(40)49-3)27(24)35(13-17-8-6-5-7-9-17)33(36-10-11-48-2)51-34(47)39(35)32(22)46/h5-9,16,18-19,23,25-27H,10-15H2,1-4H3/t16-,18+,19+,23-,25+,26+,27-,35-/m0/s1. The summed E-state index contributed by atoms with van der Waals surface area (Å²) < 4.78 is 20.6. The smallest absolute Gasteiger partial charge is 0.424 e. The van der Waals surface area contributed by atoms with Crippen LogP contribution in [0, 0.1) is 41.4 Å². The van der Waals surface area contributed by atoms with Crippen molar-refractivity contribution >= 4 is 53.5 Å². The number of nitrogens with zero attached hydrogens (tertiary/aromatic N) is 4. The summed E-state index contributed by atoms with van der Waals surface area (Å²) in [5, 5.41) is 0. The Bertz CT molecular complexity index is 1840. The molecule has 1 saturated carbocycles. The van der Waals surface area contributed by atoms with Crippen molar-refractivity contribution in [3.8, 4) is 0 Å². The molecule has 0 spiro atoms. The van der Waals surface area contributed by atoms with Gasteiger partial charge in [-0.25, -0.2) is 9.69 Å². The van der Waals surface area contributed by atoms with Gasteiger partial charge in [0, 0.05) is 25.0 Å². The van der Waals surface area contributed by atoms with Crippen LogP contribution < -0.4 is 0 Å². The number of esters is 2. The minimum Gasteiger partial charge on any atom is -0.468 e. The highest BCUT2D eigenvalue weighted by Crippen LogP contribution is 2.64. The second-order valence-corrected chi connectivity index (χ2v) is 13.6. The van der Waals surface area contributed by atoms with Gasteiger partial charge in [-0.1, -0.05) is 42.8 Å². The summed E-state index contributed by atoms with van der Waals surface area (Å²) in [6, 6.07) is 8.89. The van der Waals surface area contributed by atoms with E-state index in [0.717, 1.165) is 28.9 Å². The molecule has 268 valence electrons. The van der Waals surface area contributed by atoms with Crippen molar-refractivity contribution in [3.63, 3.8) is 0 Å². The Morgan fingerprint density at radius 1 is 0.843 bits per heavy atom. The number of methoxy groups -OCH3 is 3. The van der Waals surface area contributed by atoms with Crippen molar-refractivity contribution in [1.29, 1.82) is 0 Å². The molecule has 4 aliphatic heterocycles. The first-order valence-corrected chi connectivity index (χ1v) is 16.6. The van der Waals surface area contributed by atoms with Crippen LogP contribution in [-0.2, 0) is 58.9 Å². The molecule has 6 aliphatic rings. The lowest BCUT2D eigenvalue weighted by Crippen LogP contribution is -2.68. The highest BCUT2D eigenvalue weighted by molar-refractivity contribution is 6.19. The molecule has 0 aromatic heterocycles. The number of rotatable bonds is 9. The molecule has 4 heterocycles. The molecule has 0 bridgehead atoms. The van der Waals surface area contributed by atoms with Crippen LogP contribution in [0.2, 0.25) is 0 Å². The van der Waals surface area contributed by atoms with Crippen LogP contribution in [0.4, 0.5) is 4.79 Å². The van der Waals surface area contributed by atoms with Gasteiger partial charge in [-0.15, -0.1) is 0 Å². The van der Waals surface area contributed by atoms with Gasteiger partial charge in [0.1, 0.15) is 18.6 Å². The minimum atomic E-state index is -1.79. The summed E-state index contributed by atoms with van der Waals surface area (Å²) in [6.07, 6.45) is -1.23. The predicted octanol–water partition coefficient (Wildman–Crippen LogP) is 0.136. The van der Waals surface area contributed by atoms with Gasteiger partial charge in [-0.05, 0) is 23.8 Å². The average molecular weight is 705 g/mol. The molecule has 51 heavy (non-hydrogen) atoms. The molecule has 6 amide bonds. The molecule has 1 aromatic rings. The van der Waals surface area contributed by atoms with Crippen LogP contribution in [0.25, 0.3) is 0 Å². The van der Waals surface area contributed by atoms with E-state index in [4.69, 9.17) is 18.9 Å². The van der Waals surface area contributed by atoms with Gasteiger partial charge in [0.2, 0.25) is 29.5 Å². The third-order valence-electron chi connectivity index (χ3n) is 11.4. The Balaban J connectivity index is 1.49. The van der Waals surface area contributed by atoms with Gasteiger partial charge in [0.05, 0.1) is 51.0 Å². The maximum Gasteiger partial charge on any atom is 0.424 e. The number of benzene rings is 1. The summed E-state index contributed by atoms with van der Waals surface area (Å²) in [7, 11) is 3.72. The molecule has 0 radical (unpaired) electrons. The van der Waals surface area contributed by atoms with Crippen LogP contribution in [0.15, 0.2) is 46.5 Å². The Kier molecular flexibility index (Phi) is 8.39. The lowest BCUT2D eigenvalue weighted by atomic mass is 9.49. The lowest BCUT2D eigenvalue weighted by Gasteiger charge is -2.56. The predicted molar refractivity (Wildman–Crippen MR) is 170 cm³/mol. The van der Waals surface area contributed by atoms with Gasteiger partial charge in [0.25, 0.3) is 5.91 Å². The highest BCUT2D eigenvalue weighted by Gasteiger charge is 2.75. The van der Waals surface area contributed by atoms with Crippen molar-refractivity contribution in [1.82, 2.24) is 14.7 Å². The SMILES string of the molecule is COCCN=C1OC(=O)N2C(=O)C3=C4[C@@H](C[C@H]5C(=O)N(CC(=O)OC)C(=O)[C@H]5[C@H]4[C@@]12Cc1ccccc1)[C@H]1C(=O)N(CC(=O)OC)C(=O)[C@H]1[C@H]3C. The van der Waals surface area contributed by atoms with Crippen LogP contribution in [0.5, 0.6) is 0 Å². The number of aliphatic imine (C=N–C) groups is 1. The topological polar surface area (TPSA) is 196 Å². The maximum atomic E-state index is 14.9. The van der Waals surface area contributed by atoms with Crippen LogP contribution in [-0.4, -0.2) is 121 Å². The molecule has 0 unspecified atom stereocenters. The van der Waals surface area contributed by atoms with Crippen molar-refractivity contribution < 1.29 is 57.3 Å². The first-order valence-electron chi connectivity index (χ1n) is 16.6. The molecule has 4 fully saturated rings. The van der Waals surface area contributed by atoms with Gasteiger partial charge in [-0.3, -0.25) is 48.4 Å². The molecular weight excluding hydrogens is 668 g/mol. The minimum absolute atomic E-state index is 0.0196. The summed E-state index contributed by atoms with van der Waals surface area (Å²) in [5.41, 5.74) is -0.680. The zero-order valence-corrected chi connectivity index (χ0v) is 28.4. The summed E-state index contributed by atoms with van der Waals surface area (Å²) in [5.74, 6) is -12.9. The van der Waals surface area contributed by atoms with E-state index in [1.165, 1.54) is 7.11 Å². The number of cyclic esters (lactones) is 1. The van der Waals surface area contributed by atoms with E-state index in [1.54, 1.807) is 37.3 Å². The number of fused-ring (bicyclic) bond motifs is 6. The largest absolute Gasteiger partial charge is 0.468 e. The van der Waals surface area contributed by atoms with Gasteiger partial charge in [-0.2, -0.15) is 0 Å². The fourth-order valence-corrected chi connectivity index (χ4v) is 9.42. The maximum absolute atomic E-state index is 14.9. The monoisotopic (exact) mass is 704 g/mol. The number of hydrogen-bond acceptors (Lipinski definition) is 13. The second-order valence-electron chi connectivity index (χ2n) is 13.6. The number of likely N-dealkylation sites (tertiary alicyclic amines) is 2. The van der Waals surface area contributed by atoms with E-state index >= 15 is 0 Å². The average Bonchev–Trinajstić information content (AvgIpc) is 3.64. The Labute approximate surface area is 291 Å². The highest BCUT2D eigenvalue weighted by atomic mass is 16.6. The van der Waals surface area contributed by atoms with Crippen molar-refractivity contribution in [2.45, 2.75) is 25.3 Å². The van der Waals surface area contributed by atoms with E-state index in [0.29, 0.717) is 11.1 Å². The first-order chi connectivity index (χ1) is 24.4. The number of imide groups is 3. The zero-order chi connectivity index (χ0) is 36.5. The van der Waals surface area contributed by atoms with E-state index < -0.39 is 108 Å². The molecule has 7 rings (SSSR count). The molecule has 16 heteroatoms. The van der Waals surface area contributed by atoms with E-state index in [-0.39, 0.29) is 37.5 Å². The number of ether oxygens (including phenoxy) is 4. The van der Waals surface area contributed by atoms with Gasteiger partial charge >= 0.3 is 18.0 Å². The molecule has 2 aliphatic carbocycles. The Morgan fingerprint density at radius 3 is 2.08 bits per heavy atom. The summed E-state index contributed by atoms with van der Waals surface area (Å²) in [6.45, 7) is 0.434. The third kappa shape index (κ3) is 4.78. The normalized spacial score (nSPS) is 33.0. The first kappa shape index (κ1) is 34.2. The lowest BCUT2D eigenvalue weighted by molar-refractivity contribution is -0.151. The number of carbonyl (C=O) groups excluding carboxylic acids is 8. The molecular formula is C35H36N4O12. The number of carbonyl (C=O) groups is 8. The Hall–Kier alpha value is -5.25. The molecule has 16 nitrogen and oxygen atoms in total. The van der Waals surface area contributed by atoms with Gasteiger partial charge in [0.15, 0.2) is 0 Å². The quantitative estimate of drug-likeness (QED) is 0.146. The van der Waals surface area contributed by atoms with Crippen molar-refractivity contribution in [3.05, 3.63) is 47.0 Å². The van der Waals surface area contributed by atoms with Crippen molar-refractivity contribution in [2.75, 3.05) is 47.6 Å². The van der Waals surface area contributed by atoms with Crippen molar-refractivity contribution in [2.24, 2.45) is 46.4 Å². The molecule has 8 atom stereocenters. The molecule has 3 saturated heterocycles. The zero-order valence-electron chi connectivity index (χ0n) is 28.4. The molecule has 1 aromatic carbocycles. The van der Waals surface area contributed by atoms with E-state index in [2.05, 4.69) is 4.99 Å². The van der Waals surface area contributed by atoms with E-state index in [1.807, 2.05) is 0 Å². The van der Waals surface area contributed by atoms with Gasteiger partial charge < -0.3 is 18.9 Å². The van der Waals surface area contributed by atoms with Crippen LogP contribution in [0.1, 0.15) is 18.9 Å². The molecule has 0 N–H and O–H groups in total. The third-order valence-corrected chi connectivity index (χ3v) is 11.4. The second kappa shape index (κ2) is 12.5. The summed E-state index contributed by atoms with van der Waals surface area (Å²) in [4.78, 5) is 118. The van der Waals surface area contributed by atoms with E-state index in [9.17, 15) is 38.4 Å². The Morgan fingerprint density at radius 2 is 1.45 bits per heavy atom. The van der Waals surface area contributed by atoms with Crippen LogP contribution >= 0.6 is 0 Å². The summed E-state index contributed by atoms with van der Waals surface area (Å²) >= 11 is 0. The number of amides is 6. The fourth-order valence-electron chi connectivity index (χ4n) is 9.42. The number of hydrogen-bond donors (Lipinski definition) is 0. The fraction of sp³-hybridized carbons (Fsp3) is 0.514.